The van der Waals surface area contributed by atoms with Crippen LogP contribution in [-0.2, 0) is 30.3 Å². The lowest BCUT2D eigenvalue weighted by molar-refractivity contribution is -0.146. The molecule has 4 N–H and O–H groups in total. The van der Waals surface area contributed by atoms with Crippen LogP contribution in [0.25, 0.3) is 0 Å². The molecule has 2 atom stereocenters. The van der Waals surface area contributed by atoms with Gasteiger partial charge in [0.25, 0.3) is 11.8 Å². The smallest absolute Gasteiger partial charge is 0.328 e. The van der Waals surface area contributed by atoms with Gasteiger partial charge in [-0.15, -0.1) is 0 Å². The molecule has 0 radical (unpaired) electrons. The molecular weight excluding hydrogens is 454 g/mol. The van der Waals surface area contributed by atoms with Crippen molar-refractivity contribution in [1.29, 1.82) is 0 Å². The zero-order chi connectivity index (χ0) is 25.4. The summed E-state index contributed by atoms with van der Waals surface area (Å²) in [6.07, 6.45) is 3.04. The minimum atomic E-state index is -0.964. The number of aryl methyl sites for hydroxylation is 1. The van der Waals surface area contributed by atoms with Gasteiger partial charge in [-0.1, -0.05) is 12.1 Å². The summed E-state index contributed by atoms with van der Waals surface area (Å²) in [5.74, 6) is -1.93. The Kier molecular flexibility index (Phi) is 8.71. The van der Waals surface area contributed by atoms with Crippen molar-refractivity contribution >= 4 is 35.5 Å². The minimum absolute atomic E-state index is 0.0188. The van der Waals surface area contributed by atoms with Crippen LogP contribution in [-0.4, -0.2) is 54.8 Å². The molecule has 35 heavy (non-hydrogen) atoms. The van der Waals surface area contributed by atoms with Crippen LogP contribution in [0.4, 0.5) is 0 Å². The summed E-state index contributed by atoms with van der Waals surface area (Å²) in [4.78, 5) is 56.6. The van der Waals surface area contributed by atoms with Gasteiger partial charge in [-0.3, -0.25) is 14.4 Å². The molecule has 3 rings (SSSR count). The van der Waals surface area contributed by atoms with Gasteiger partial charge in [0.15, 0.2) is 0 Å². The molecule has 1 aromatic rings. The highest BCUT2D eigenvalue weighted by molar-refractivity contribution is 6.17. The molecule has 0 aromatic heterocycles. The van der Waals surface area contributed by atoms with Gasteiger partial charge in [0.1, 0.15) is 17.8 Å². The molecule has 0 fully saturated rings. The lowest BCUT2D eigenvalue weighted by atomic mass is 9.94. The van der Waals surface area contributed by atoms with E-state index in [2.05, 4.69) is 20.6 Å². The number of carbonyl (C=O) groups excluding carboxylic acids is 4. The van der Waals surface area contributed by atoms with Crippen LogP contribution < -0.4 is 16.4 Å². The zero-order valence-electron chi connectivity index (χ0n) is 19.7. The number of ether oxygens (including phenoxy) is 2. The molecule has 0 saturated carbocycles. The van der Waals surface area contributed by atoms with E-state index in [1.54, 1.807) is 32.2 Å². The Morgan fingerprint density at radius 1 is 1.09 bits per heavy atom. The lowest BCUT2D eigenvalue weighted by Gasteiger charge is -2.17. The van der Waals surface area contributed by atoms with Gasteiger partial charge < -0.3 is 25.8 Å². The van der Waals surface area contributed by atoms with Crippen molar-refractivity contribution in [3.8, 4) is 0 Å². The first-order valence-corrected chi connectivity index (χ1v) is 11.5. The third-order valence-corrected chi connectivity index (χ3v) is 5.49. The number of carbonyl (C=O) groups is 4. The van der Waals surface area contributed by atoms with Gasteiger partial charge in [-0.05, 0) is 56.4 Å². The molecule has 186 valence electrons. The summed E-state index contributed by atoms with van der Waals surface area (Å²) in [6, 6.07) is 5.97. The second kappa shape index (κ2) is 11.9. The van der Waals surface area contributed by atoms with Gasteiger partial charge >= 0.3 is 11.9 Å². The highest BCUT2D eigenvalue weighted by atomic mass is 16.5. The molecule has 2 aliphatic rings. The third kappa shape index (κ3) is 6.75. The standard InChI is InChI=1S/C24H29N5O6/c1-3-34-18(30)12-11-17(23(33)35-4-2)27-21(31)15-8-5-14(6-9-15)7-10-16-13-26-20-19(16)22(32)29-24(25)28-20/h5-6,8-9,13,17,19H,3-4,7,10-12H2,1-2H3,(H,27,31)(H3,25,26,28,29,32)/t17-,19?/m0/s1. The van der Waals surface area contributed by atoms with Gasteiger partial charge in [0, 0.05) is 18.2 Å². The predicted octanol–water partition coefficient (Wildman–Crippen LogP) is 0.981. The molecule has 11 nitrogen and oxygen atoms in total. The fourth-order valence-corrected chi connectivity index (χ4v) is 3.76. The number of rotatable bonds is 11. The van der Waals surface area contributed by atoms with Gasteiger partial charge in [0.05, 0.1) is 13.2 Å². The van der Waals surface area contributed by atoms with Crippen molar-refractivity contribution in [3.63, 3.8) is 0 Å². The van der Waals surface area contributed by atoms with Gasteiger partial charge in [0.2, 0.25) is 5.96 Å². The van der Waals surface area contributed by atoms with Crippen LogP contribution >= 0.6 is 0 Å². The summed E-state index contributed by atoms with van der Waals surface area (Å²) in [7, 11) is 0. The van der Waals surface area contributed by atoms with Crippen LogP contribution in [0.2, 0.25) is 0 Å². The van der Waals surface area contributed by atoms with Crippen LogP contribution in [0.1, 0.15) is 49.0 Å². The molecule has 0 spiro atoms. The number of amides is 2. The summed E-state index contributed by atoms with van der Waals surface area (Å²) in [5, 5.41) is 5.62. The van der Waals surface area contributed by atoms with Crippen LogP contribution in [0.3, 0.4) is 0 Å². The summed E-state index contributed by atoms with van der Waals surface area (Å²) in [6.45, 7) is 3.76. The lowest BCUT2D eigenvalue weighted by Crippen LogP contribution is -2.42. The van der Waals surface area contributed by atoms with Crippen molar-refractivity contribution in [2.24, 2.45) is 21.6 Å². The average Bonchev–Trinajstić information content (AvgIpc) is 3.24. The Morgan fingerprint density at radius 3 is 2.49 bits per heavy atom. The molecule has 1 unspecified atom stereocenters. The second-order valence-corrected chi connectivity index (χ2v) is 7.92. The monoisotopic (exact) mass is 483 g/mol. The fraction of sp³-hybridized carbons (Fsp3) is 0.417. The highest BCUT2D eigenvalue weighted by Gasteiger charge is 2.35. The highest BCUT2D eigenvalue weighted by Crippen LogP contribution is 2.26. The number of amidine groups is 1. The second-order valence-electron chi connectivity index (χ2n) is 7.92. The Morgan fingerprint density at radius 2 is 1.80 bits per heavy atom. The topological polar surface area (TPSA) is 162 Å². The number of guanidine groups is 1. The van der Waals surface area contributed by atoms with E-state index < -0.39 is 29.8 Å². The first kappa shape index (κ1) is 25.6. The number of esters is 2. The normalized spacial score (nSPS) is 17.3. The molecule has 0 saturated heterocycles. The van der Waals surface area contributed by atoms with E-state index in [-0.39, 0.29) is 37.9 Å². The van der Waals surface area contributed by atoms with E-state index in [9.17, 15) is 19.2 Å². The molecule has 0 bridgehead atoms. The van der Waals surface area contributed by atoms with Gasteiger partial charge in [-0.25, -0.2) is 4.79 Å². The number of fused-ring (bicyclic) bond motifs is 1. The summed E-state index contributed by atoms with van der Waals surface area (Å²) in [5.41, 5.74) is 7.72. The molecule has 1 aromatic carbocycles. The van der Waals surface area contributed by atoms with Crippen LogP contribution in [0, 0.1) is 5.92 Å². The van der Waals surface area contributed by atoms with E-state index in [1.165, 1.54) is 0 Å². The maximum Gasteiger partial charge on any atom is 0.328 e. The summed E-state index contributed by atoms with van der Waals surface area (Å²) >= 11 is 0. The number of hydrogen-bond donors (Lipinski definition) is 3. The van der Waals surface area contributed by atoms with Crippen molar-refractivity contribution in [2.45, 2.75) is 45.6 Å². The van der Waals surface area contributed by atoms with Crippen molar-refractivity contribution in [1.82, 2.24) is 10.6 Å². The third-order valence-electron chi connectivity index (χ3n) is 5.49. The number of benzene rings is 1. The predicted molar refractivity (Wildman–Crippen MR) is 127 cm³/mol. The van der Waals surface area contributed by atoms with Crippen LogP contribution in [0.15, 0.2) is 46.0 Å². The van der Waals surface area contributed by atoms with E-state index in [4.69, 9.17) is 15.2 Å². The number of hydrogen-bond acceptors (Lipinski definition) is 9. The van der Waals surface area contributed by atoms with Crippen LogP contribution in [0.5, 0.6) is 0 Å². The number of nitrogens with zero attached hydrogens (tertiary/aromatic N) is 2. The first-order chi connectivity index (χ1) is 16.8. The number of aliphatic imine (C=N–C) groups is 2. The van der Waals surface area contributed by atoms with E-state index in [0.717, 1.165) is 11.1 Å². The first-order valence-electron chi connectivity index (χ1n) is 11.5. The average molecular weight is 484 g/mol. The molecule has 0 aliphatic carbocycles. The SMILES string of the molecule is CCOC(=O)CC[C@H](NC(=O)c1ccc(CCC2=CNC3=NC(N)=NC(=O)C23)cc1)C(=O)OCC. The molecule has 11 heteroatoms. The van der Waals surface area contributed by atoms with Crippen molar-refractivity contribution in [3.05, 3.63) is 47.2 Å². The fourth-order valence-electron chi connectivity index (χ4n) is 3.76. The Balaban J connectivity index is 1.56. The molecule has 2 amide bonds. The van der Waals surface area contributed by atoms with E-state index in [0.29, 0.717) is 24.2 Å². The molecule has 2 aliphatic heterocycles. The maximum absolute atomic E-state index is 12.7. The van der Waals surface area contributed by atoms with E-state index >= 15 is 0 Å². The molecule has 2 heterocycles. The van der Waals surface area contributed by atoms with Crippen molar-refractivity contribution in [2.75, 3.05) is 13.2 Å². The number of nitrogens with two attached hydrogens (primary N) is 1. The Bertz CT molecular complexity index is 1080. The number of nitrogens with one attached hydrogen (secondary N) is 2. The molecular formula is C24H29N5O6. The largest absolute Gasteiger partial charge is 0.466 e. The van der Waals surface area contributed by atoms with Gasteiger partial charge in [-0.2, -0.15) is 9.98 Å². The van der Waals surface area contributed by atoms with E-state index in [1.807, 2.05) is 12.1 Å². The minimum Gasteiger partial charge on any atom is -0.466 e. The quantitative estimate of drug-likeness (QED) is 0.392. The Hall–Kier alpha value is -4.02. The zero-order valence-corrected chi connectivity index (χ0v) is 19.7. The van der Waals surface area contributed by atoms with Crippen molar-refractivity contribution < 1.29 is 28.7 Å². The maximum atomic E-state index is 12.7. The summed E-state index contributed by atoms with van der Waals surface area (Å²) < 4.78 is 9.91. The Labute approximate surface area is 202 Å².